The van der Waals surface area contributed by atoms with Gasteiger partial charge in [-0.05, 0) is 27.2 Å². The van der Waals surface area contributed by atoms with Crippen molar-refractivity contribution in [2.45, 2.75) is 39.0 Å². The zero-order valence-corrected chi connectivity index (χ0v) is 8.85. The van der Waals surface area contributed by atoms with Crippen molar-refractivity contribution in [2.24, 2.45) is 0 Å². The van der Waals surface area contributed by atoms with E-state index in [-0.39, 0.29) is 5.60 Å². The van der Waals surface area contributed by atoms with E-state index in [0.29, 0.717) is 19.6 Å². The second-order valence-corrected chi connectivity index (χ2v) is 4.65. The van der Waals surface area contributed by atoms with Crippen LogP contribution in [-0.4, -0.2) is 42.9 Å². The standard InChI is InChI=1S/C10H20FNO/c1-10(2,3)13-7-6-12-5-4-9(11)8-12/h9H,4-8H2,1-3H3/t9-/m1/s1. The summed E-state index contributed by atoms with van der Waals surface area (Å²) in [6.07, 6.45) is 0.0739. The van der Waals surface area contributed by atoms with Crippen LogP contribution in [0.2, 0.25) is 0 Å². The predicted molar refractivity (Wildman–Crippen MR) is 51.7 cm³/mol. The third-order valence-corrected chi connectivity index (χ3v) is 2.16. The van der Waals surface area contributed by atoms with Gasteiger partial charge in [0, 0.05) is 19.6 Å². The largest absolute Gasteiger partial charge is 0.375 e. The van der Waals surface area contributed by atoms with Crippen molar-refractivity contribution in [1.29, 1.82) is 0 Å². The molecule has 1 heterocycles. The van der Waals surface area contributed by atoms with Crippen LogP contribution in [0.1, 0.15) is 27.2 Å². The average molecular weight is 189 g/mol. The lowest BCUT2D eigenvalue weighted by Crippen LogP contribution is -2.29. The van der Waals surface area contributed by atoms with Crippen molar-refractivity contribution >= 4 is 0 Å². The minimum atomic E-state index is -0.616. The Balaban J connectivity index is 2.07. The molecule has 1 rings (SSSR count). The maximum atomic E-state index is 12.8. The molecule has 0 aliphatic carbocycles. The van der Waals surface area contributed by atoms with Crippen LogP contribution in [0, 0.1) is 0 Å². The molecule has 13 heavy (non-hydrogen) atoms. The molecule has 1 fully saturated rings. The predicted octanol–water partition coefficient (Wildman–Crippen LogP) is 1.85. The summed E-state index contributed by atoms with van der Waals surface area (Å²) in [6, 6.07) is 0. The summed E-state index contributed by atoms with van der Waals surface area (Å²) in [4.78, 5) is 2.12. The van der Waals surface area contributed by atoms with Gasteiger partial charge >= 0.3 is 0 Å². The van der Waals surface area contributed by atoms with E-state index in [2.05, 4.69) is 4.90 Å². The summed E-state index contributed by atoms with van der Waals surface area (Å²) in [5.74, 6) is 0. The number of rotatable bonds is 3. The Labute approximate surface area is 80.1 Å². The van der Waals surface area contributed by atoms with Crippen LogP contribution >= 0.6 is 0 Å². The number of halogens is 1. The van der Waals surface area contributed by atoms with Gasteiger partial charge in [-0.15, -0.1) is 0 Å². The van der Waals surface area contributed by atoms with E-state index < -0.39 is 6.17 Å². The highest BCUT2D eigenvalue weighted by Gasteiger charge is 2.21. The van der Waals surface area contributed by atoms with Gasteiger partial charge in [-0.2, -0.15) is 0 Å². The number of alkyl halides is 1. The van der Waals surface area contributed by atoms with Gasteiger partial charge in [0.05, 0.1) is 12.2 Å². The van der Waals surface area contributed by atoms with Gasteiger partial charge in [0.1, 0.15) is 6.17 Å². The molecule has 0 bridgehead atoms. The van der Waals surface area contributed by atoms with E-state index in [1.165, 1.54) is 0 Å². The first-order valence-electron chi connectivity index (χ1n) is 4.98. The van der Waals surface area contributed by atoms with Gasteiger partial charge < -0.3 is 4.74 Å². The van der Waals surface area contributed by atoms with Crippen LogP contribution in [0.3, 0.4) is 0 Å². The molecule has 0 N–H and O–H groups in total. The van der Waals surface area contributed by atoms with E-state index in [4.69, 9.17) is 4.74 Å². The fraction of sp³-hybridized carbons (Fsp3) is 1.00. The molecular formula is C10H20FNO. The molecule has 1 aliphatic rings. The first-order valence-corrected chi connectivity index (χ1v) is 4.98. The maximum absolute atomic E-state index is 12.8. The molecule has 2 nitrogen and oxygen atoms in total. The quantitative estimate of drug-likeness (QED) is 0.671. The molecule has 1 saturated heterocycles. The van der Waals surface area contributed by atoms with Gasteiger partial charge in [-0.1, -0.05) is 0 Å². The Morgan fingerprint density at radius 2 is 2.15 bits per heavy atom. The molecule has 0 spiro atoms. The zero-order valence-electron chi connectivity index (χ0n) is 8.85. The molecule has 0 unspecified atom stereocenters. The number of hydrogen-bond acceptors (Lipinski definition) is 2. The van der Waals surface area contributed by atoms with E-state index in [1.54, 1.807) is 0 Å². The molecule has 0 aromatic carbocycles. The Morgan fingerprint density at radius 3 is 2.62 bits per heavy atom. The summed E-state index contributed by atoms with van der Waals surface area (Å²) >= 11 is 0. The highest BCUT2D eigenvalue weighted by molar-refractivity contribution is 4.74. The Hall–Kier alpha value is -0.150. The SMILES string of the molecule is CC(C)(C)OCCN1CC[C@@H](F)C1. The second kappa shape index (κ2) is 4.38. The van der Waals surface area contributed by atoms with Crippen molar-refractivity contribution in [3.05, 3.63) is 0 Å². The van der Waals surface area contributed by atoms with Crippen LogP contribution in [0.25, 0.3) is 0 Å². The fourth-order valence-corrected chi connectivity index (χ4v) is 1.47. The zero-order chi connectivity index (χ0) is 9.90. The molecule has 1 atom stereocenters. The molecular weight excluding hydrogens is 169 g/mol. The van der Waals surface area contributed by atoms with Crippen molar-refractivity contribution in [2.75, 3.05) is 26.2 Å². The number of ether oxygens (including phenoxy) is 1. The summed E-state index contributed by atoms with van der Waals surface area (Å²) in [7, 11) is 0. The number of likely N-dealkylation sites (tertiary alicyclic amines) is 1. The van der Waals surface area contributed by atoms with Crippen molar-refractivity contribution < 1.29 is 9.13 Å². The van der Waals surface area contributed by atoms with E-state index >= 15 is 0 Å². The molecule has 1 aliphatic heterocycles. The van der Waals surface area contributed by atoms with Gasteiger partial charge in [-0.3, -0.25) is 4.90 Å². The van der Waals surface area contributed by atoms with Crippen molar-refractivity contribution in [3.8, 4) is 0 Å². The summed E-state index contributed by atoms with van der Waals surface area (Å²) in [5.41, 5.74) is -0.0746. The summed E-state index contributed by atoms with van der Waals surface area (Å²) in [6.45, 7) is 9.15. The molecule has 0 saturated carbocycles. The minimum Gasteiger partial charge on any atom is -0.375 e. The van der Waals surface area contributed by atoms with Crippen LogP contribution in [0.4, 0.5) is 4.39 Å². The van der Waals surface area contributed by atoms with Crippen LogP contribution in [0.5, 0.6) is 0 Å². The number of nitrogens with zero attached hydrogens (tertiary/aromatic N) is 1. The molecule has 3 heteroatoms. The topological polar surface area (TPSA) is 12.5 Å². The molecule has 0 aromatic rings. The van der Waals surface area contributed by atoms with Crippen molar-refractivity contribution in [1.82, 2.24) is 4.90 Å². The summed E-state index contributed by atoms with van der Waals surface area (Å²) in [5, 5.41) is 0. The Bertz CT molecular complexity index is 155. The fourth-order valence-electron chi connectivity index (χ4n) is 1.47. The monoisotopic (exact) mass is 189 g/mol. The van der Waals surface area contributed by atoms with Crippen LogP contribution in [-0.2, 0) is 4.74 Å². The smallest absolute Gasteiger partial charge is 0.114 e. The Kier molecular flexibility index (Phi) is 3.68. The van der Waals surface area contributed by atoms with Gasteiger partial charge in [0.25, 0.3) is 0 Å². The van der Waals surface area contributed by atoms with Crippen molar-refractivity contribution in [3.63, 3.8) is 0 Å². The molecule has 78 valence electrons. The normalized spacial score (nSPS) is 25.4. The lowest BCUT2D eigenvalue weighted by Gasteiger charge is -2.22. The second-order valence-electron chi connectivity index (χ2n) is 4.65. The summed E-state index contributed by atoms with van der Waals surface area (Å²) < 4.78 is 18.3. The lowest BCUT2D eigenvalue weighted by molar-refractivity contribution is -0.0113. The lowest BCUT2D eigenvalue weighted by atomic mass is 10.2. The van der Waals surface area contributed by atoms with Crippen LogP contribution < -0.4 is 0 Å². The molecule has 0 amide bonds. The number of hydrogen-bond donors (Lipinski definition) is 0. The van der Waals surface area contributed by atoms with Crippen LogP contribution in [0.15, 0.2) is 0 Å². The molecule has 0 radical (unpaired) electrons. The minimum absolute atomic E-state index is 0.0746. The van der Waals surface area contributed by atoms with Gasteiger partial charge in [0.2, 0.25) is 0 Å². The van der Waals surface area contributed by atoms with Gasteiger partial charge in [0.15, 0.2) is 0 Å². The molecule has 0 aromatic heterocycles. The third-order valence-electron chi connectivity index (χ3n) is 2.16. The highest BCUT2D eigenvalue weighted by atomic mass is 19.1. The first-order chi connectivity index (χ1) is 5.97. The Morgan fingerprint density at radius 1 is 1.46 bits per heavy atom. The first kappa shape index (κ1) is 10.9. The maximum Gasteiger partial charge on any atom is 0.114 e. The van der Waals surface area contributed by atoms with E-state index in [9.17, 15) is 4.39 Å². The highest BCUT2D eigenvalue weighted by Crippen LogP contribution is 2.12. The van der Waals surface area contributed by atoms with E-state index in [0.717, 1.165) is 13.1 Å². The van der Waals surface area contributed by atoms with Gasteiger partial charge in [-0.25, -0.2) is 4.39 Å². The third kappa shape index (κ3) is 4.58. The average Bonchev–Trinajstić information content (AvgIpc) is 2.33. The van der Waals surface area contributed by atoms with E-state index in [1.807, 2.05) is 20.8 Å².